The van der Waals surface area contributed by atoms with E-state index < -0.39 is 0 Å². The maximum absolute atomic E-state index is 12.2. The zero-order valence-electron chi connectivity index (χ0n) is 15.5. The first-order valence-electron chi connectivity index (χ1n) is 9.46. The lowest BCUT2D eigenvalue weighted by atomic mass is 10.1. The van der Waals surface area contributed by atoms with E-state index in [-0.39, 0.29) is 5.91 Å². The highest BCUT2D eigenvalue weighted by Gasteiger charge is 2.11. The molecule has 0 unspecified atom stereocenters. The van der Waals surface area contributed by atoms with E-state index >= 15 is 0 Å². The number of aromatic amines is 1. The second-order valence-corrected chi connectivity index (χ2v) is 6.81. The summed E-state index contributed by atoms with van der Waals surface area (Å²) in [6.07, 6.45) is 6.66. The van der Waals surface area contributed by atoms with Gasteiger partial charge >= 0.3 is 0 Å². The monoisotopic (exact) mass is 356 g/mol. The van der Waals surface area contributed by atoms with Crippen LogP contribution in [-0.4, -0.2) is 47.7 Å². The Labute approximate surface area is 154 Å². The zero-order chi connectivity index (χ0) is 18.2. The van der Waals surface area contributed by atoms with Gasteiger partial charge in [0.15, 0.2) is 5.82 Å². The van der Waals surface area contributed by atoms with E-state index in [0.717, 1.165) is 30.0 Å². The fourth-order valence-corrected chi connectivity index (χ4v) is 3.35. The van der Waals surface area contributed by atoms with Crippen LogP contribution in [0.2, 0.25) is 0 Å². The largest absolute Gasteiger partial charge is 0.497 e. The number of benzene rings is 1. The molecule has 1 aromatic carbocycles. The van der Waals surface area contributed by atoms with Gasteiger partial charge in [-0.25, -0.2) is 0 Å². The standard InChI is InChI=1S/C20H28N4O2/c1-26-17-9-6-8-16(14-17)18-15-19(23-22-18)21-20(25)10-7-13-24-11-4-2-3-5-12-24/h6,8-9,14-15H,2-5,7,10-13H2,1H3,(H2,21,22,23,25). The minimum atomic E-state index is 0.0171. The SMILES string of the molecule is COc1cccc(-c2cc(NC(=O)CCCN3CCCCCC3)n[nH]2)c1. The van der Waals surface area contributed by atoms with Crippen molar-refractivity contribution < 1.29 is 9.53 Å². The maximum Gasteiger partial charge on any atom is 0.225 e. The zero-order valence-corrected chi connectivity index (χ0v) is 15.5. The molecule has 0 aliphatic carbocycles. The Morgan fingerprint density at radius 2 is 2.04 bits per heavy atom. The smallest absolute Gasteiger partial charge is 0.225 e. The molecule has 3 rings (SSSR count). The number of carbonyl (C=O) groups is 1. The average molecular weight is 356 g/mol. The summed E-state index contributed by atoms with van der Waals surface area (Å²) in [5, 5.41) is 10.0. The summed E-state index contributed by atoms with van der Waals surface area (Å²) in [6, 6.07) is 9.58. The van der Waals surface area contributed by atoms with Crippen LogP contribution in [0.3, 0.4) is 0 Å². The van der Waals surface area contributed by atoms with Crippen LogP contribution in [0, 0.1) is 0 Å². The third-order valence-corrected chi connectivity index (χ3v) is 4.80. The van der Waals surface area contributed by atoms with Crippen LogP contribution in [0.4, 0.5) is 5.82 Å². The first-order valence-corrected chi connectivity index (χ1v) is 9.46. The molecule has 2 aromatic rings. The molecule has 6 heteroatoms. The number of nitrogens with one attached hydrogen (secondary N) is 2. The third kappa shape index (κ3) is 5.33. The van der Waals surface area contributed by atoms with Crippen molar-refractivity contribution in [2.75, 3.05) is 32.1 Å². The van der Waals surface area contributed by atoms with Gasteiger partial charge in [0.05, 0.1) is 12.8 Å². The van der Waals surface area contributed by atoms with E-state index in [0.29, 0.717) is 12.2 Å². The molecule has 0 atom stereocenters. The van der Waals surface area contributed by atoms with Crippen molar-refractivity contribution in [3.8, 4) is 17.0 Å². The maximum atomic E-state index is 12.2. The fraction of sp³-hybridized carbons (Fsp3) is 0.500. The summed E-state index contributed by atoms with van der Waals surface area (Å²) in [7, 11) is 1.64. The van der Waals surface area contributed by atoms with E-state index in [2.05, 4.69) is 20.4 Å². The summed E-state index contributed by atoms with van der Waals surface area (Å²) in [5.74, 6) is 1.36. The molecule has 2 N–H and O–H groups in total. The molecule has 1 saturated heterocycles. The molecular formula is C20H28N4O2. The Kier molecular flexibility index (Phi) is 6.66. The van der Waals surface area contributed by atoms with Gasteiger partial charge in [-0.1, -0.05) is 25.0 Å². The third-order valence-electron chi connectivity index (χ3n) is 4.80. The second-order valence-electron chi connectivity index (χ2n) is 6.81. The number of hydrogen-bond acceptors (Lipinski definition) is 4. The number of H-pyrrole nitrogens is 1. The molecule has 1 fully saturated rings. The predicted octanol–water partition coefficient (Wildman–Crippen LogP) is 3.68. The highest BCUT2D eigenvalue weighted by Crippen LogP contribution is 2.23. The molecule has 0 saturated carbocycles. The summed E-state index contributed by atoms with van der Waals surface area (Å²) < 4.78 is 5.24. The van der Waals surface area contributed by atoms with Gasteiger partial charge in [-0.2, -0.15) is 5.10 Å². The molecule has 6 nitrogen and oxygen atoms in total. The Balaban J connectivity index is 1.46. The van der Waals surface area contributed by atoms with Crippen molar-refractivity contribution in [1.82, 2.24) is 15.1 Å². The minimum Gasteiger partial charge on any atom is -0.497 e. The molecule has 0 radical (unpaired) electrons. The van der Waals surface area contributed by atoms with Gasteiger partial charge in [0, 0.05) is 18.1 Å². The number of anilines is 1. The Morgan fingerprint density at radius 1 is 1.23 bits per heavy atom. The number of hydrogen-bond donors (Lipinski definition) is 2. The molecule has 1 amide bonds. The highest BCUT2D eigenvalue weighted by molar-refractivity contribution is 5.90. The van der Waals surface area contributed by atoms with E-state index in [4.69, 9.17) is 4.74 Å². The highest BCUT2D eigenvalue weighted by atomic mass is 16.5. The van der Waals surface area contributed by atoms with Gasteiger partial charge in [-0.05, 0) is 51.0 Å². The number of likely N-dealkylation sites (tertiary alicyclic amines) is 1. The summed E-state index contributed by atoms with van der Waals surface area (Å²) in [6.45, 7) is 3.35. The van der Waals surface area contributed by atoms with Crippen molar-refractivity contribution in [1.29, 1.82) is 0 Å². The van der Waals surface area contributed by atoms with Gasteiger partial charge in [-0.15, -0.1) is 0 Å². The van der Waals surface area contributed by atoms with E-state index in [1.54, 1.807) is 7.11 Å². The van der Waals surface area contributed by atoms with Crippen LogP contribution < -0.4 is 10.1 Å². The quantitative estimate of drug-likeness (QED) is 0.794. The van der Waals surface area contributed by atoms with Gasteiger partial charge in [-0.3, -0.25) is 9.89 Å². The molecule has 1 aliphatic heterocycles. The number of carbonyl (C=O) groups excluding carboxylic acids is 1. The molecule has 1 aromatic heterocycles. The van der Waals surface area contributed by atoms with Gasteiger partial charge in [0.2, 0.25) is 5.91 Å². The fourth-order valence-electron chi connectivity index (χ4n) is 3.35. The molecule has 26 heavy (non-hydrogen) atoms. The van der Waals surface area contributed by atoms with E-state index in [9.17, 15) is 4.79 Å². The average Bonchev–Trinajstić information content (AvgIpc) is 2.96. The minimum absolute atomic E-state index is 0.0171. The first kappa shape index (κ1) is 18.5. The van der Waals surface area contributed by atoms with Crippen LogP contribution in [0.1, 0.15) is 38.5 Å². The van der Waals surface area contributed by atoms with E-state index in [1.807, 2.05) is 30.3 Å². The molecule has 2 heterocycles. The lowest BCUT2D eigenvalue weighted by molar-refractivity contribution is -0.116. The molecular weight excluding hydrogens is 328 g/mol. The lowest BCUT2D eigenvalue weighted by Crippen LogP contribution is -2.26. The van der Waals surface area contributed by atoms with Gasteiger partial charge in [0.1, 0.15) is 5.75 Å². The van der Waals surface area contributed by atoms with Crippen LogP contribution in [0.5, 0.6) is 5.75 Å². The summed E-state index contributed by atoms with van der Waals surface area (Å²) in [5.41, 5.74) is 1.82. The summed E-state index contributed by atoms with van der Waals surface area (Å²) >= 11 is 0. The van der Waals surface area contributed by atoms with Gasteiger partial charge in [0.25, 0.3) is 0 Å². The van der Waals surface area contributed by atoms with Crippen LogP contribution in [-0.2, 0) is 4.79 Å². The second kappa shape index (κ2) is 9.38. The Bertz CT molecular complexity index is 705. The predicted molar refractivity (Wildman–Crippen MR) is 103 cm³/mol. The van der Waals surface area contributed by atoms with Crippen LogP contribution in [0.25, 0.3) is 11.3 Å². The number of aromatic nitrogens is 2. The summed E-state index contributed by atoms with van der Waals surface area (Å²) in [4.78, 5) is 14.6. The number of rotatable bonds is 7. The Morgan fingerprint density at radius 3 is 2.81 bits per heavy atom. The van der Waals surface area contributed by atoms with Crippen molar-refractivity contribution in [2.45, 2.75) is 38.5 Å². The van der Waals surface area contributed by atoms with Crippen molar-refractivity contribution >= 4 is 11.7 Å². The normalized spacial score (nSPS) is 15.4. The molecule has 0 bridgehead atoms. The van der Waals surface area contributed by atoms with E-state index in [1.165, 1.54) is 38.8 Å². The number of methoxy groups -OCH3 is 1. The molecule has 0 spiro atoms. The van der Waals surface area contributed by atoms with Crippen LogP contribution in [0.15, 0.2) is 30.3 Å². The van der Waals surface area contributed by atoms with Crippen LogP contribution >= 0.6 is 0 Å². The van der Waals surface area contributed by atoms with Gasteiger partial charge < -0.3 is 15.0 Å². The number of ether oxygens (including phenoxy) is 1. The Hall–Kier alpha value is -2.34. The first-order chi connectivity index (χ1) is 12.7. The van der Waals surface area contributed by atoms with Crippen molar-refractivity contribution in [2.24, 2.45) is 0 Å². The molecule has 140 valence electrons. The number of amides is 1. The topological polar surface area (TPSA) is 70.2 Å². The number of nitrogens with zero attached hydrogens (tertiary/aromatic N) is 2. The van der Waals surface area contributed by atoms with Crippen molar-refractivity contribution in [3.05, 3.63) is 30.3 Å². The van der Waals surface area contributed by atoms with Crippen molar-refractivity contribution in [3.63, 3.8) is 0 Å². The lowest BCUT2D eigenvalue weighted by Gasteiger charge is -2.19. The molecule has 1 aliphatic rings.